The number of likely N-dealkylation sites (N-methyl/N-ethyl adjacent to an activating group) is 1. The Morgan fingerprint density at radius 1 is 1.23 bits per heavy atom. The number of thiocarbonyl (C=S) groups is 1. The second-order valence-electron chi connectivity index (χ2n) is 5.82. The first kappa shape index (κ1) is 20.0. The largest absolute Gasteiger partial charge is 0.465 e. The molecule has 2 N–H and O–H groups in total. The van der Waals surface area contributed by atoms with E-state index in [1.165, 1.54) is 12.7 Å². The minimum atomic E-state index is -0.489. The standard InChI is InChI=1S/C19H22ClN3O2S/c1-13-4-7-15(8-5-13)23(2)11-10-21-19(26)22-14-6-9-17(20)16(12-14)18(24)25-3/h4-9,12H,10-11H2,1-3H3,(H2,21,22,26). The van der Waals surface area contributed by atoms with Gasteiger partial charge in [0.25, 0.3) is 0 Å². The summed E-state index contributed by atoms with van der Waals surface area (Å²) in [6.07, 6.45) is 0. The summed E-state index contributed by atoms with van der Waals surface area (Å²) in [6, 6.07) is 13.4. The number of hydrogen-bond donors (Lipinski definition) is 2. The van der Waals surface area contributed by atoms with Gasteiger partial charge in [-0.1, -0.05) is 29.3 Å². The topological polar surface area (TPSA) is 53.6 Å². The van der Waals surface area contributed by atoms with Crippen molar-refractivity contribution in [3.8, 4) is 0 Å². The van der Waals surface area contributed by atoms with Gasteiger partial charge in [0, 0.05) is 31.5 Å². The highest BCUT2D eigenvalue weighted by Gasteiger charge is 2.11. The number of benzene rings is 2. The molecule has 2 aromatic rings. The molecule has 26 heavy (non-hydrogen) atoms. The van der Waals surface area contributed by atoms with Crippen LogP contribution in [0.15, 0.2) is 42.5 Å². The second kappa shape index (κ2) is 9.40. The molecule has 7 heteroatoms. The average Bonchev–Trinajstić information content (AvgIpc) is 2.63. The van der Waals surface area contributed by atoms with Gasteiger partial charge in [0.05, 0.1) is 17.7 Å². The van der Waals surface area contributed by atoms with Crippen LogP contribution in [0.4, 0.5) is 11.4 Å². The Morgan fingerprint density at radius 3 is 2.58 bits per heavy atom. The van der Waals surface area contributed by atoms with Crippen molar-refractivity contribution < 1.29 is 9.53 Å². The fraction of sp³-hybridized carbons (Fsp3) is 0.263. The lowest BCUT2D eigenvalue weighted by molar-refractivity contribution is 0.0601. The van der Waals surface area contributed by atoms with Crippen molar-refractivity contribution in [2.24, 2.45) is 0 Å². The molecule has 0 spiro atoms. The van der Waals surface area contributed by atoms with Crippen LogP contribution in [0, 0.1) is 6.92 Å². The van der Waals surface area contributed by atoms with Gasteiger partial charge in [0.1, 0.15) is 0 Å². The van der Waals surface area contributed by atoms with Gasteiger partial charge in [-0.15, -0.1) is 0 Å². The first-order valence-corrected chi connectivity index (χ1v) is 8.90. The van der Waals surface area contributed by atoms with E-state index in [1.807, 2.05) is 7.05 Å². The molecule has 0 heterocycles. The number of anilines is 2. The predicted octanol–water partition coefficient (Wildman–Crippen LogP) is 3.86. The number of nitrogens with one attached hydrogen (secondary N) is 2. The number of ether oxygens (including phenoxy) is 1. The summed E-state index contributed by atoms with van der Waals surface area (Å²) in [4.78, 5) is 13.8. The summed E-state index contributed by atoms with van der Waals surface area (Å²) >= 11 is 11.3. The Kier molecular flexibility index (Phi) is 7.24. The van der Waals surface area contributed by atoms with Crippen LogP contribution in [0.1, 0.15) is 15.9 Å². The van der Waals surface area contributed by atoms with Crippen LogP contribution >= 0.6 is 23.8 Å². The minimum absolute atomic E-state index is 0.293. The van der Waals surface area contributed by atoms with Crippen molar-refractivity contribution >= 4 is 46.3 Å². The van der Waals surface area contributed by atoms with E-state index >= 15 is 0 Å². The number of halogens is 1. The number of methoxy groups -OCH3 is 1. The summed E-state index contributed by atoms with van der Waals surface area (Å²) in [7, 11) is 3.35. The van der Waals surface area contributed by atoms with Gasteiger partial charge >= 0.3 is 5.97 Å². The van der Waals surface area contributed by atoms with Gasteiger partial charge in [-0.3, -0.25) is 0 Å². The van der Waals surface area contributed by atoms with Gasteiger partial charge in [0.15, 0.2) is 5.11 Å². The molecule has 5 nitrogen and oxygen atoms in total. The van der Waals surface area contributed by atoms with Crippen molar-refractivity contribution in [1.29, 1.82) is 0 Å². The number of esters is 1. The maximum atomic E-state index is 11.7. The minimum Gasteiger partial charge on any atom is -0.465 e. The molecular formula is C19H22ClN3O2S. The predicted molar refractivity (Wildman–Crippen MR) is 111 cm³/mol. The summed E-state index contributed by atoms with van der Waals surface area (Å²) in [5, 5.41) is 7.00. The van der Waals surface area contributed by atoms with Crippen LogP contribution < -0.4 is 15.5 Å². The number of carbonyl (C=O) groups is 1. The maximum absolute atomic E-state index is 11.7. The summed E-state index contributed by atoms with van der Waals surface area (Å²) in [5.41, 5.74) is 3.34. The number of nitrogens with zero attached hydrogens (tertiary/aromatic N) is 1. The van der Waals surface area contributed by atoms with E-state index in [1.54, 1.807) is 18.2 Å². The molecule has 0 amide bonds. The fourth-order valence-electron chi connectivity index (χ4n) is 2.31. The smallest absolute Gasteiger partial charge is 0.339 e. The van der Waals surface area contributed by atoms with E-state index in [-0.39, 0.29) is 0 Å². The Morgan fingerprint density at radius 2 is 1.92 bits per heavy atom. The van der Waals surface area contributed by atoms with Crippen molar-refractivity contribution in [2.75, 3.05) is 37.5 Å². The van der Waals surface area contributed by atoms with Crippen molar-refractivity contribution in [2.45, 2.75) is 6.92 Å². The van der Waals surface area contributed by atoms with Gasteiger partial charge < -0.3 is 20.3 Å². The van der Waals surface area contributed by atoms with E-state index in [4.69, 9.17) is 28.6 Å². The zero-order valence-electron chi connectivity index (χ0n) is 15.0. The zero-order chi connectivity index (χ0) is 19.1. The molecule has 0 unspecified atom stereocenters. The molecule has 2 rings (SSSR count). The maximum Gasteiger partial charge on any atom is 0.339 e. The van der Waals surface area contributed by atoms with Gasteiger partial charge in [-0.2, -0.15) is 0 Å². The van der Waals surface area contributed by atoms with Crippen LogP contribution in [0.5, 0.6) is 0 Å². The first-order chi connectivity index (χ1) is 12.4. The SMILES string of the molecule is COC(=O)c1cc(NC(=S)NCCN(C)c2ccc(C)cc2)ccc1Cl. The zero-order valence-corrected chi connectivity index (χ0v) is 16.6. The molecule has 0 aliphatic carbocycles. The van der Waals surface area contributed by atoms with Crippen LogP contribution in [-0.2, 0) is 4.74 Å². The molecule has 0 aliphatic rings. The summed E-state index contributed by atoms with van der Waals surface area (Å²) in [5.74, 6) is -0.489. The highest BCUT2D eigenvalue weighted by Crippen LogP contribution is 2.21. The average molecular weight is 392 g/mol. The fourth-order valence-corrected chi connectivity index (χ4v) is 2.72. The van der Waals surface area contributed by atoms with Gasteiger partial charge in [0.2, 0.25) is 0 Å². The third kappa shape index (κ3) is 5.61. The molecule has 0 aromatic heterocycles. The molecule has 0 radical (unpaired) electrons. The van der Waals surface area contributed by atoms with Gasteiger partial charge in [-0.05, 0) is 49.5 Å². The number of aryl methyl sites for hydroxylation is 1. The molecule has 0 aliphatic heterocycles. The molecule has 138 valence electrons. The molecule has 0 fully saturated rings. The molecule has 0 saturated carbocycles. The lowest BCUT2D eigenvalue weighted by Crippen LogP contribution is -2.35. The van der Waals surface area contributed by atoms with E-state index in [2.05, 4.69) is 46.7 Å². The van der Waals surface area contributed by atoms with Crippen LogP contribution in [-0.4, -0.2) is 38.3 Å². The third-order valence-electron chi connectivity index (χ3n) is 3.84. The van der Waals surface area contributed by atoms with Gasteiger partial charge in [-0.25, -0.2) is 4.79 Å². The van der Waals surface area contributed by atoms with Crippen molar-refractivity contribution in [1.82, 2.24) is 5.32 Å². The Bertz CT molecular complexity index is 781. The summed E-state index contributed by atoms with van der Waals surface area (Å²) < 4.78 is 4.71. The number of hydrogen-bond acceptors (Lipinski definition) is 4. The molecule has 0 saturated heterocycles. The van der Waals surface area contributed by atoms with E-state index in [0.29, 0.717) is 27.9 Å². The third-order valence-corrected chi connectivity index (χ3v) is 4.41. The lowest BCUT2D eigenvalue weighted by atomic mass is 10.2. The van der Waals surface area contributed by atoms with Crippen LogP contribution in [0.25, 0.3) is 0 Å². The molecule has 0 bridgehead atoms. The van der Waals surface area contributed by atoms with E-state index in [9.17, 15) is 4.79 Å². The van der Waals surface area contributed by atoms with Crippen LogP contribution in [0.2, 0.25) is 5.02 Å². The second-order valence-corrected chi connectivity index (χ2v) is 6.64. The Labute approximate surface area is 164 Å². The van der Waals surface area contributed by atoms with Crippen LogP contribution in [0.3, 0.4) is 0 Å². The number of rotatable bonds is 6. The lowest BCUT2D eigenvalue weighted by Gasteiger charge is -2.20. The molecule has 2 aromatic carbocycles. The molecule has 0 atom stereocenters. The molecular weight excluding hydrogens is 370 g/mol. The number of carbonyl (C=O) groups excluding carboxylic acids is 1. The highest BCUT2D eigenvalue weighted by molar-refractivity contribution is 7.80. The Balaban J connectivity index is 1.85. The van der Waals surface area contributed by atoms with E-state index < -0.39 is 5.97 Å². The Hall–Kier alpha value is -2.31. The summed E-state index contributed by atoms with van der Waals surface area (Å²) in [6.45, 7) is 3.53. The normalized spacial score (nSPS) is 10.2. The monoisotopic (exact) mass is 391 g/mol. The van der Waals surface area contributed by atoms with E-state index in [0.717, 1.165) is 12.2 Å². The quantitative estimate of drug-likeness (QED) is 0.576. The first-order valence-electron chi connectivity index (χ1n) is 8.11. The van der Waals surface area contributed by atoms with Crippen molar-refractivity contribution in [3.05, 3.63) is 58.6 Å². The van der Waals surface area contributed by atoms with Crippen molar-refractivity contribution in [3.63, 3.8) is 0 Å². The highest BCUT2D eigenvalue weighted by atomic mass is 35.5.